The minimum atomic E-state index is -4.30. The molecule has 0 saturated heterocycles. The summed E-state index contributed by atoms with van der Waals surface area (Å²) in [6.07, 6.45) is 0.187. The minimum Gasteiger partial charge on any atom is -0.382 e. The lowest BCUT2D eigenvalue weighted by atomic mass is 9.99. The number of nitrogens with zero attached hydrogens (tertiary/aromatic N) is 2. The average Bonchev–Trinajstić information content (AvgIpc) is 3.47. The average molecular weight is 564 g/mol. The Labute approximate surface area is 236 Å². The van der Waals surface area contributed by atoms with Gasteiger partial charge in [-0.05, 0) is 74.6 Å². The van der Waals surface area contributed by atoms with E-state index in [2.05, 4.69) is 20.9 Å². The van der Waals surface area contributed by atoms with Crippen molar-refractivity contribution in [3.8, 4) is 22.4 Å². The highest BCUT2D eigenvalue weighted by molar-refractivity contribution is 5.97. The summed E-state index contributed by atoms with van der Waals surface area (Å²) in [5, 5.41) is 8.63. The van der Waals surface area contributed by atoms with Crippen molar-refractivity contribution >= 4 is 23.1 Å². The number of carbonyl (C=O) groups excluding carboxylic acids is 2. The van der Waals surface area contributed by atoms with Gasteiger partial charge in [-0.3, -0.25) is 14.0 Å². The van der Waals surface area contributed by atoms with Gasteiger partial charge >= 0.3 is 6.18 Å². The Kier molecular flexibility index (Phi) is 7.27. The number of hydrogen-bond donors (Lipinski definition) is 3. The number of fused-ring (bicyclic) bond motifs is 1. The van der Waals surface area contributed by atoms with Crippen LogP contribution in [0.3, 0.4) is 0 Å². The molecule has 0 bridgehead atoms. The van der Waals surface area contributed by atoms with Crippen LogP contribution in [0.15, 0.2) is 54.9 Å². The molecule has 2 amide bonds. The largest absolute Gasteiger partial charge is 0.390 e. The van der Waals surface area contributed by atoms with Crippen molar-refractivity contribution < 1.29 is 22.8 Å². The number of pyridine rings is 1. The van der Waals surface area contributed by atoms with Gasteiger partial charge in [-0.1, -0.05) is 18.2 Å². The van der Waals surface area contributed by atoms with Crippen molar-refractivity contribution in [1.29, 1.82) is 0 Å². The number of anilines is 1. The summed E-state index contributed by atoms with van der Waals surface area (Å²) in [6.45, 7) is 5.43. The second kappa shape index (κ2) is 10.6. The monoisotopic (exact) mass is 563 g/mol. The summed E-state index contributed by atoms with van der Waals surface area (Å²) in [5.41, 5.74) is 6.58. The molecule has 214 valence electrons. The lowest BCUT2D eigenvalue weighted by Gasteiger charge is -2.16. The number of alkyl halides is 3. The van der Waals surface area contributed by atoms with Crippen molar-refractivity contribution in [2.24, 2.45) is 0 Å². The molecule has 1 aliphatic rings. The highest BCUT2D eigenvalue weighted by Gasteiger charge is 2.39. The molecule has 4 aromatic rings. The van der Waals surface area contributed by atoms with Crippen LogP contribution in [0.4, 0.5) is 18.9 Å². The molecule has 1 saturated carbocycles. The molecule has 7 nitrogen and oxygen atoms in total. The molecular formula is C31H32F3N5O2. The van der Waals surface area contributed by atoms with Crippen molar-refractivity contribution in [1.82, 2.24) is 20.0 Å². The number of rotatable bonds is 8. The molecule has 1 fully saturated rings. The first kappa shape index (κ1) is 28.2. The van der Waals surface area contributed by atoms with Gasteiger partial charge in [-0.25, -0.2) is 4.98 Å². The Morgan fingerprint density at radius 3 is 2.20 bits per heavy atom. The summed E-state index contributed by atoms with van der Waals surface area (Å²) >= 11 is 0. The van der Waals surface area contributed by atoms with Gasteiger partial charge < -0.3 is 16.0 Å². The number of halogens is 3. The SMILES string of the molecule is CNC(=O)c1ccc(-c2cnc3c(NCCC(F)(F)F)cc(-c4ccc(C(=O)NC5(C)CC5)c(C)c4)cn23)cc1C. The number of carbonyl (C=O) groups is 2. The van der Waals surface area contributed by atoms with Gasteiger partial charge in [-0.2, -0.15) is 13.2 Å². The first-order valence-corrected chi connectivity index (χ1v) is 13.5. The van der Waals surface area contributed by atoms with E-state index >= 15 is 0 Å². The van der Waals surface area contributed by atoms with Gasteiger partial charge in [0.2, 0.25) is 0 Å². The molecule has 2 aromatic carbocycles. The fraction of sp³-hybridized carbons (Fsp3) is 0.323. The number of aromatic nitrogens is 2. The number of aryl methyl sites for hydroxylation is 2. The first-order valence-electron chi connectivity index (χ1n) is 13.5. The van der Waals surface area contributed by atoms with Gasteiger partial charge in [0.25, 0.3) is 11.8 Å². The van der Waals surface area contributed by atoms with Crippen molar-refractivity contribution in [2.75, 3.05) is 18.9 Å². The van der Waals surface area contributed by atoms with E-state index in [-0.39, 0.29) is 23.9 Å². The van der Waals surface area contributed by atoms with Crippen molar-refractivity contribution in [3.05, 3.63) is 77.1 Å². The molecule has 3 N–H and O–H groups in total. The zero-order valence-electron chi connectivity index (χ0n) is 23.4. The van der Waals surface area contributed by atoms with Crippen LogP contribution in [0.2, 0.25) is 0 Å². The molecule has 10 heteroatoms. The van der Waals surface area contributed by atoms with E-state index in [0.717, 1.165) is 46.4 Å². The van der Waals surface area contributed by atoms with Gasteiger partial charge in [-0.15, -0.1) is 0 Å². The zero-order chi connectivity index (χ0) is 29.5. The van der Waals surface area contributed by atoms with Gasteiger partial charge in [0.15, 0.2) is 5.65 Å². The van der Waals surface area contributed by atoms with E-state index in [1.807, 2.05) is 55.6 Å². The lowest BCUT2D eigenvalue weighted by Crippen LogP contribution is -2.34. The molecule has 0 unspecified atom stereocenters. The third kappa shape index (κ3) is 6.06. The molecule has 0 spiro atoms. The number of nitrogens with one attached hydrogen (secondary N) is 3. The smallest absolute Gasteiger partial charge is 0.382 e. The fourth-order valence-corrected chi connectivity index (χ4v) is 4.89. The lowest BCUT2D eigenvalue weighted by molar-refractivity contribution is -0.131. The molecule has 0 radical (unpaired) electrons. The van der Waals surface area contributed by atoms with E-state index in [9.17, 15) is 22.8 Å². The summed E-state index contributed by atoms with van der Waals surface area (Å²) in [6, 6.07) is 12.8. The van der Waals surface area contributed by atoms with E-state index in [1.54, 1.807) is 31.4 Å². The van der Waals surface area contributed by atoms with E-state index in [0.29, 0.717) is 22.5 Å². The number of hydrogen-bond acceptors (Lipinski definition) is 4. The van der Waals surface area contributed by atoms with Crippen molar-refractivity contribution in [2.45, 2.75) is 51.7 Å². The molecule has 2 heterocycles. The Bertz CT molecular complexity index is 1650. The van der Waals surface area contributed by atoms with E-state index in [4.69, 9.17) is 0 Å². The van der Waals surface area contributed by atoms with Gasteiger partial charge in [0, 0.05) is 47.6 Å². The normalized spacial score (nSPS) is 14.1. The quantitative estimate of drug-likeness (QED) is 0.235. The molecule has 0 atom stereocenters. The van der Waals surface area contributed by atoms with Gasteiger partial charge in [0.1, 0.15) is 0 Å². The predicted octanol–water partition coefficient (Wildman–Crippen LogP) is 6.29. The zero-order valence-corrected chi connectivity index (χ0v) is 23.4. The number of imidazole rings is 1. The molecular weight excluding hydrogens is 531 g/mol. The number of amides is 2. The predicted molar refractivity (Wildman–Crippen MR) is 153 cm³/mol. The molecule has 0 aliphatic heterocycles. The first-order chi connectivity index (χ1) is 19.4. The third-order valence-electron chi connectivity index (χ3n) is 7.54. The summed E-state index contributed by atoms with van der Waals surface area (Å²) < 4.78 is 40.6. The summed E-state index contributed by atoms with van der Waals surface area (Å²) in [4.78, 5) is 29.5. The summed E-state index contributed by atoms with van der Waals surface area (Å²) in [7, 11) is 1.57. The van der Waals surface area contributed by atoms with Crippen LogP contribution < -0.4 is 16.0 Å². The van der Waals surface area contributed by atoms with Crippen LogP contribution in [0.5, 0.6) is 0 Å². The Morgan fingerprint density at radius 1 is 0.951 bits per heavy atom. The van der Waals surface area contributed by atoms with Gasteiger partial charge in [0.05, 0.1) is 24.0 Å². The third-order valence-corrected chi connectivity index (χ3v) is 7.54. The van der Waals surface area contributed by atoms with Crippen LogP contribution in [-0.4, -0.2) is 46.5 Å². The van der Waals surface area contributed by atoms with E-state index < -0.39 is 12.6 Å². The maximum absolute atomic E-state index is 12.9. The number of benzene rings is 2. The Balaban J connectivity index is 1.56. The van der Waals surface area contributed by atoms with Crippen LogP contribution in [0.25, 0.3) is 28.0 Å². The van der Waals surface area contributed by atoms with Crippen LogP contribution in [0, 0.1) is 13.8 Å². The van der Waals surface area contributed by atoms with Crippen molar-refractivity contribution in [3.63, 3.8) is 0 Å². The highest BCUT2D eigenvalue weighted by Crippen LogP contribution is 2.35. The van der Waals surface area contributed by atoms with Crippen LogP contribution in [-0.2, 0) is 0 Å². The molecule has 5 rings (SSSR count). The Morgan fingerprint density at radius 2 is 1.59 bits per heavy atom. The second-order valence-electron chi connectivity index (χ2n) is 10.9. The fourth-order valence-electron chi connectivity index (χ4n) is 4.89. The highest BCUT2D eigenvalue weighted by atomic mass is 19.4. The topological polar surface area (TPSA) is 87.5 Å². The van der Waals surface area contributed by atoms with Crippen LogP contribution in [0.1, 0.15) is 58.0 Å². The molecule has 1 aliphatic carbocycles. The Hall–Kier alpha value is -4.34. The standard InChI is InChI=1S/C31H32F3N5O2/c1-18-13-20(5-7-24(18)29(41)38-30(3)9-10-30)22-15-25(36-12-11-31(32,33)34)27-37-16-26(39(27)17-22)21-6-8-23(19(2)14-21)28(40)35-4/h5-8,13-17,36H,9-12H2,1-4H3,(H,35,40)(H,38,41). The summed E-state index contributed by atoms with van der Waals surface area (Å²) in [5.74, 6) is -0.309. The maximum atomic E-state index is 12.9. The molecule has 2 aromatic heterocycles. The van der Waals surface area contributed by atoms with E-state index in [1.165, 1.54) is 0 Å². The van der Waals surface area contributed by atoms with Crippen LogP contribution >= 0.6 is 0 Å². The minimum absolute atomic E-state index is 0.119. The maximum Gasteiger partial charge on any atom is 0.390 e. The second-order valence-corrected chi connectivity index (χ2v) is 10.9. The molecule has 41 heavy (non-hydrogen) atoms.